The molecule has 0 radical (unpaired) electrons. The van der Waals surface area contributed by atoms with Crippen LogP contribution in [0, 0.1) is 0 Å². The number of ether oxygens (including phenoxy) is 5. The fourth-order valence-corrected chi connectivity index (χ4v) is 2.70. The summed E-state index contributed by atoms with van der Waals surface area (Å²) in [7, 11) is 3.38. The highest BCUT2D eigenvalue weighted by Crippen LogP contribution is 2.13. The first-order valence-corrected chi connectivity index (χ1v) is 12.2. The van der Waals surface area contributed by atoms with Crippen molar-refractivity contribution in [3.63, 3.8) is 0 Å². The summed E-state index contributed by atoms with van der Waals surface area (Å²) in [5.74, 6) is 0. The summed E-state index contributed by atoms with van der Waals surface area (Å²) in [6, 6.07) is 0. The molecule has 0 amide bonds. The minimum Gasteiger partial charge on any atom is -0.379 e. The third-order valence-corrected chi connectivity index (χ3v) is 4.21. The number of rotatable bonds is 2. The quantitative estimate of drug-likeness (QED) is 0.480. The maximum absolute atomic E-state index is 5.28. The van der Waals surface area contributed by atoms with Crippen LogP contribution in [0.1, 0.15) is 106 Å². The van der Waals surface area contributed by atoms with E-state index in [4.69, 9.17) is 23.7 Å². The molecule has 0 aromatic rings. The van der Waals surface area contributed by atoms with Gasteiger partial charge in [-0.05, 0) is 64.7 Å². The summed E-state index contributed by atoms with van der Waals surface area (Å²) >= 11 is 0. The molecule has 3 fully saturated rings. The van der Waals surface area contributed by atoms with E-state index in [0.29, 0.717) is 6.10 Å². The molecule has 3 heterocycles. The maximum Gasteiger partial charge on any atom is 0.157 e. The lowest BCUT2D eigenvalue weighted by Gasteiger charge is -2.20. The van der Waals surface area contributed by atoms with E-state index in [1.54, 1.807) is 14.2 Å². The van der Waals surface area contributed by atoms with Gasteiger partial charge in [0.15, 0.2) is 12.6 Å². The zero-order valence-electron chi connectivity index (χ0n) is 21.3. The lowest BCUT2D eigenvalue weighted by molar-refractivity contribution is -0.145. The zero-order valence-corrected chi connectivity index (χ0v) is 21.3. The van der Waals surface area contributed by atoms with E-state index in [1.165, 1.54) is 44.9 Å². The Balaban J connectivity index is -0.000000310. The molecular weight excluding hydrogens is 368 g/mol. The average molecular weight is 423 g/mol. The van der Waals surface area contributed by atoms with Gasteiger partial charge in [-0.2, -0.15) is 0 Å². The fourth-order valence-electron chi connectivity index (χ4n) is 2.70. The van der Waals surface area contributed by atoms with E-state index in [2.05, 4.69) is 6.92 Å². The summed E-state index contributed by atoms with van der Waals surface area (Å²) < 4.78 is 25.6. The van der Waals surface area contributed by atoms with E-state index in [1.807, 2.05) is 41.5 Å². The van der Waals surface area contributed by atoms with Crippen LogP contribution in [0.4, 0.5) is 0 Å². The molecule has 5 heteroatoms. The molecule has 0 aromatic heterocycles. The normalized spacial score (nSPS) is 25.3. The highest BCUT2D eigenvalue weighted by molar-refractivity contribution is 4.56. The fraction of sp³-hybridized carbons (Fsp3) is 1.00. The summed E-state index contributed by atoms with van der Waals surface area (Å²) in [5, 5.41) is 0. The van der Waals surface area contributed by atoms with Gasteiger partial charge in [-0.3, -0.25) is 0 Å². The van der Waals surface area contributed by atoms with E-state index in [0.717, 1.165) is 32.7 Å². The van der Waals surface area contributed by atoms with Crippen molar-refractivity contribution in [2.45, 2.75) is 125 Å². The molecule has 3 atom stereocenters. The Morgan fingerprint density at radius 1 is 0.517 bits per heavy atom. The molecule has 29 heavy (non-hydrogen) atoms. The van der Waals surface area contributed by atoms with Gasteiger partial charge in [0.2, 0.25) is 0 Å². The molecule has 3 aliphatic rings. The van der Waals surface area contributed by atoms with Crippen molar-refractivity contribution in [1.82, 2.24) is 0 Å². The average Bonchev–Trinajstić information content (AvgIpc) is 2.85. The molecule has 0 saturated carbocycles. The summed E-state index contributed by atoms with van der Waals surface area (Å²) in [5.41, 5.74) is 0. The Kier molecular flexibility index (Phi) is 34.6. The van der Waals surface area contributed by atoms with Crippen LogP contribution in [0.5, 0.6) is 0 Å². The first-order chi connectivity index (χ1) is 14.3. The molecular formula is C24H54O5. The molecule has 0 bridgehead atoms. The minimum atomic E-state index is 0.0868. The van der Waals surface area contributed by atoms with Crippen molar-refractivity contribution in [3.05, 3.63) is 0 Å². The minimum absolute atomic E-state index is 0.0868. The first-order valence-electron chi connectivity index (χ1n) is 12.2. The molecule has 0 aromatic carbocycles. The maximum atomic E-state index is 5.28. The molecule has 0 spiro atoms. The Hall–Kier alpha value is -0.200. The van der Waals surface area contributed by atoms with Crippen LogP contribution in [-0.4, -0.2) is 52.7 Å². The van der Waals surface area contributed by atoms with Crippen LogP contribution in [0.15, 0.2) is 0 Å². The van der Waals surface area contributed by atoms with Gasteiger partial charge in [0, 0.05) is 34.0 Å². The smallest absolute Gasteiger partial charge is 0.157 e. The van der Waals surface area contributed by atoms with Crippen LogP contribution in [0.3, 0.4) is 0 Å². The molecule has 0 unspecified atom stereocenters. The molecule has 5 nitrogen and oxygen atoms in total. The first kappa shape index (κ1) is 33.4. The molecule has 3 aliphatic heterocycles. The Labute approximate surface area is 183 Å². The number of hydrogen-bond donors (Lipinski definition) is 0. The Morgan fingerprint density at radius 2 is 0.862 bits per heavy atom. The third kappa shape index (κ3) is 23.9. The highest BCUT2D eigenvalue weighted by Gasteiger charge is 2.11. The second-order valence-electron chi connectivity index (χ2n) is 6.24. The summed E-state index contributed by atoms with van der Waals surface area (Å²) in [4.78, 5) is 0. The van der Waals surface area contributed by atoms with Gasteiger partial charge in [0.25, 0.3) is 0 Å². The zero-order chi connectivity index (χ0) is 22.8. The lowest BCUT2D eigenvalue weighted by atomic mass is 10.1. The highest BCUT2D eigenvalue weighted by atomic mass is 16.7. The van der Waals surface area contributed by atoms with Crippen LogP contribution in [-0.2, 0) is 23.7 Å². The monoisotopic (exact) mass is 422 g/mol. The van der Waals surface area contributed by atoms with E-state index >= 15 is 0 Å². The standard InChI is InChI=1S/2C6H12O2.C6H12O.3C2H6/c2*1-7-6-4-2-3-5-8-6;1-6-4-2-3-5-7-6;3*1-2/h2*6H,2-5H2,1H3;6H,2-5H2,1H3;3*1-2H3/t3*6-;;;/m110.../s1. The van der Waals surface area contributed by atoms with Crippen molar-refractivity contribution in [1.29, 1.82) is 0 Å². The second-order valence-corrected chi connectivity index (χ2v) is 6.24. The van der Waals surface area contributed by atoms with E-state index < -0.39 is 0 Å². The van der Waals surface area contributed by atoms with E-state index in [9.17, 15) is 0 Å². The van der Waals surface area contributed by atoms with Gasteiger partial charge in [-0.15, -0.1) is 0 Å². The van der Waals surface area contributed by atoms with Gasteiger partial charge in [0.05, 0.1) is 6.10 Å². The molecule has 3 rings (SSSR count). The largest absolute Gasteiger partial charge is 0.379 e. The predicted octanol–water partition coefficient (Wildman–Crippen LogP) is 6.97. The van der Waals surface area contributed by atoms with Crippen LogP contribution in [0.25, 0.3) is 0 Å². The molecule has 180 valence electrons. The van der Waals surface area contributed by atoms with Crippen molar-refractivity contribution in [2.24, 2.45) is 0 Å². The predicted molar refractivity (Wildman–Crippen MR) is 125 cm³/mol. The van der Waals surface area contributed by atoms with Crippen molar-refractivity contribution < 1.29 is 23.7 Å². The van der Waals surface area contributed by atoms with Gasteiger partial charge in [0.1, 0.15) is 0 Å². The topological polar surface area (TPSA) is 46.2 Å². The van der Waals surface area contributed by atoms with Gasteiger partial charge in [-0.25, -0.2) is 0 Å². The van der Waals surface area contributed by atoms with Crippen molar-refractivity contribution in [2.75, 3.05) is 34.0 Å². The Bertz CT molecular complexity index is 228. The number of methoxy groups -OCH3 is 2. The van der Waals surface area contributed by atoms with Crippen molar-refractivity contribution in [3.8, 4) is 0 Å². The molecule has 3 saturated heterocycles. The van der Waals surface area contributed by atoms with Crippen LogP contribution in [0.2, 0.25) is 0 Å². The SMILES string of the molecule is CC.CC.CC.CO[C@H]1CCCCO1.CO[C@H]1CCCCO1.C[C@H]1CCCCO1. The van der Waals surface area contributed by atoms with Gasteiger partial charge >= 0.3 is 0 Å². The summed E-state index contributed by atoms with van der Waals surface area (Å²) in [6.07, 6.45) is 11.6. The third-order valence-electron chi connectivity index (χ3n) is 4.21. The second kappa shape index (κ2) is 30.0. The Morgan fingerprint density at radius 3 is 1.00 bits per heavy atom. The van der Waals surface area contributed by atoms with Crippen LogP contribution >= 0.6 is 0 Å². The molecule has 0 N–H and O–H groups in total. The van der Waals surface area contributed by atoms with E-state index in [-0.39, 0.29) is 12.6 Å². The number of hydrogen-bond acceptors (Lipinski definition) is 5. The molecule has 0 aliphatic carbocycles. The lowest BCUT2D eigenvalue weighted by Crippen LogP contribution is -2.20. The summed E-state index contributed by atoms with van der Waals surface area (Å²) in [6.45, 7) is 16.9. The van der Waals surface area contributed by atoms with Crippen LogP contribution < -0.4 is 0 Å². The van der Waals surface area contributed by atoms with Crippen molar-refractivity contribution >= 4 is 0 Å². The van der Waals surface area contributed by atoms with Gasteiger partial charge < -0.3 is 23.7 Å². The van der Waals surface area contributed by atoms with Gasteiger partial charge in [-0.1, -0.05) is 41.5 Å².